The Morgan fingerprint density at radius 3 is 2.54 bits per heavy atom. The molecular weight excluding hydrogens is 380 g/mol. The minimum absolute atomic E-state index is 0.0868. The second-order valence-corrected chi connectivity index (χ2v) is 7.99. The van der Waals surface area contributed by atoms with Crippen LogP contribution in [0.2, 0.25) is 5.02 Å². The maximum Gasteiger partial charge on any atom is 0.232 e. The third-order valence-corrected chi connectivity index (χ3v) is 5.73. The molecule has 2 fully saturated rings. The zero-order valence-electron chi connectivity index (χ0n) is 15.7. The van der Waals surface area contributed by atoms with Gasteiger partial charge >= 0.3 is 0 Å². The number of rotatable bonds is 5. The van der Waals surface area contributed by atoms with Crippen LogP contribution in [0.15, 0.2) is 36.7 Å². The fourth-order valence-electron chi connectivity index (χ4n) is 3.98. The molecule has 0 radical (unpaired) electrons. The normalized spacial score (nSPS) is 20.8. The maximum atomic E-state index is 13.3. The van der Waals surface area contributed by atoms with Crippen LogP contribution in [0.3, 0.4) is 0 Å². The number of aromatic nitrogens is 2. The molecule has 1 aromatic heterocycles. The van der Waals surface area contributed by atoms with Gasteiger partial charge < -0.3 is 19.6 Å². The summed E-state index contributed by atoms with van der Waals surface area (Å²) in [5, 5.41) is 10.5. The van der Waals surface area contributed by atoms with Crippen LogP contribution in [0.4, 0.5) is 5.95 Å². The van der Waals surface area contributed by atoms with E-state index in [0.717, 1.165) is 5.56 Å². The number of hydrogen-bond acceptors (Lipinski definition) is 6. The minimum atomic E-state index is -0.554. The van der Waals surface area contributed by atoms with Gasteiger partial charge in [-0.25, -0.2) is 9.97 Å². The van der Waals surface area contributed by atoms with E-state index in [2.05, 4.69) is 9.97 Å². The molecule has 2 aliphatic heterocycles. The molecular formula is C20H23ClN4O3. The fraction of sp³-hybridized carbons (Fsp3) is 0.450. The van der Waals surface area contributed by atoms with Crippen molar-refractivity contribution in [3.8, 4) is 5.75 Å². The molecule has 2 saturated heterocycles. The summed E-state index contributed by atoms with van der Waals surface area (Å²) in [5.74, 6) is 1.27. The standard InChI is InChI=1S/C20H23ClN4O3/c1-28-17-9-22-19(23-10-17)25-12-20(13-25,8-14-2-4-15(21)5-3-14)18(27)24-7-6-16(26)11-24/h2-5,9-10,16,26H,6-8,11-13H2,1H3/t16-/m1/s1. The molecule has 7 nitrogen and oxygen atoms in total. The lowest BCUT2D eigenvalue weighted by Crippen LogP contribution is -2.65. The average Bonchev–Trinajstić information content (AvgIpc) is 3.12. The number of aliphatic hydroxyl groups is 1. The van der Waals surface area contributed by atoms with Gasteiger partial charge in [-0.1, -0.05) is 23.7 Å². The topological polar surface area (TPSA) is 78.8 Å². The first kappa shape index (κ1) is 19.0. The molecule has 28 heavy (non-hydrogen) atoms. The summed E-state index contributed by atoms with van der Waals surface area (Å²) >= 11 is 6.00. The summed E-state index contributed by atoms with van der Waals surface area (Å²) in [6, 6.07) is 7.61. The first-order chi connectivity index (χ1) is 13.5. The molecule has 3 heterocycles. The van der Waals surface area contributed by atoms with Crippen molar-refractivity contribution >= 4 is 23.5 Å². The molecule has 4 rings (SSSR count). The van der Waals surface area contributed by atoms with Crippen molar-refractivity contribution in [1.82, 2.24) is 14.9 Å². The van der Waals surface area contributed by atoms with E-state index < -0.39 is 11.5 Å². The Hall–Kier alpha value is -2.38. The van der Waals surface area contributed by atoms with E-state index in [0.29, 0.717) is 55.7 Å². The number of β-amino-alcohol motifs (C(OH)–C–C–N with tert-alkyl or cyclic N) is 1. The Morgan fingerprint density at radius 1 is 1.29 bits per heavy atom. The zero-order chi connectivity index (χ0) is 19.7. The highest BCUT2D eigenvalue weighted by atomic mass is 35.5. The van der Waals surface area contributed by atoms with Gasteiger partial charge in [-0.2, -0.15) is 0 Å². The van der Waals surface area contributed by atoms with Crippen LogP contribution in [0.1, 0.15) is 12.0 Å². The summed E-state index contributed by atoms with van der Waals surface area (Å²) in [7, 11) is 1.57. The SMILES string of the molecule is COc1cnc(N2CC(Cc3ccc(Cl)cc3)(C(=O)N3CC[C@@H](O)C3)C2)nc1. The van der Waals surface area contributed by atoms with Gasteiger partial charge in [0, 0.05) is 31.2 Å². The molecule has 2 aromatic rings. The number of hydrogen-bond donors (Lipinski definition) is 1. The number of ether oxygens (including phenoxy) is 1. The molecule has 8 heteroatoms. The van der Waals surface area contributed by atoms with Crippen molar-refractivity contribution in [1.29, 1.82) is 0 Å². The van der Waals surface area contributed by atoms with Gasteiger partial charge in [0.15, 0.2) is 5.75 Å². The highest BCUT2D eigenvalue weighted by molar-refractivity contribution is 6.30. The number of amides is 1. The van der Waals surface area contributed by atoms with Crippen LogP contribution in [0.5, 0.6) is 5.75 Å². The Balaban J connectivity index is 1.54. The lowest BCUT2D eigenvalue weighted by Gasteiger charge is -2.50. The molecule has 0 aliphatic carbocycles. The summed E-state index contributed by atoms with van der Waals surface area (Å²) in [6.45, 7) is 2.07. The Morgan fingerprint density at radius 2 is 1.96 bits per heavy atom. The third kappa shape index (κ3) is 3.64. The maximum absolute atomic E-state index is 13.3. The second-order valence-electron chi connectivity index (χ2n) is 7.56. The van der Waals surface area contributed by atoms with E-state index in [1.165, 1.54) is 0 Å². The molecule has 0 unspecified atom stereocenters. The first-order valence-electron chi connectivity index (χ1n) is 9.32. The summed E-state index contributed by atoms with van der Waals surface area (Å²) in [5.41, 5.74) is 0.508. The second kappa shape index (κ2) is 7.56. The van der Waals surface area contributed by atoms with Crippen LogP contribution < -0.4 is 9.64 Å². The first-order valence-corrected chi connectivity index (χ1v) is 9.70. The van der Waals surface area contributed by atoms with Crippen molar-refractivity contribution in [2.45, 2.75) is 18.9 Å². The number of anilines is 1. The molecule has 2 aliphatic rings. The van der Waals surface area contributed by atoms with Crippen molar-refractivity contribution in [3.05, 3.63) is 47.2 Å². The minimum Gasteiger partial charge on any atom is -0.494 e. The largest absolute Gasteiger partial charge is 0.494 e. The molecule has 148 valence electrons. The monoisotopic (exact) mass is 402 g/mol. The van der Waals surface area contributed by atoms with E-state index in [1.807, 2.05) is 29.2 Å². The van der Waals surface area contributed by atoms with Gasteiger partial charge in [-0.15, -0.1) is 0 Å². The third-order valence-electron chi connectivity index (χ3n) is 5.48. The number of likely N-dealkylation sites (tertiary alicyclic amines) is 1. The predicted molar refractivity (Wildman–Crippen MR) is 106 cm³/mol. The average molecular weight is 403 g/mol. The van der Waals surface area contributed by atoms with Gasteiger partial charge in [0.25, 0.3) is 0 Å². The molecule has 1 aromatic carbocycles. The number of aliphatic hydroxyl groups excluding tert-OH is 1. The van der Waals surface area contributed by atoms with Crippen molar-refractivity contribution < 1.29 is 14.6 Å². The highest BCUT2D eigenvalue weighted by Gasteiger charge is 2.52. The van der Waals surface area contributed by atoms with E-state index in [1.54, 1.807) is 24.4 Å². The van der Waals surface area contributed by atoms with Gasteiger partial charge in [0.1, 0.15) is 0 Å². The lowest BCUT2D eigenvalue weighted by atomic mass is 9.73. The van der Waals surface area contributed by atoms with Crippen molar-refractivity contribution in [2.75, 3.05) is 38.2 Å². The van der Waals surface area contributed by atoms with Crippen LogP contribution in [-0.4, -0.2) is 65.3 Å². The Kier molecular flexibility index (Phi) is 5.12. The molecule has 1 amide bonds. The molecule has 1 N–H and O–H groups in total. The number of methoxy groups -OCH3 is 1. The van der Waals surface area contributed by atoms with E-state index in [-0.39, 0.29) is 5.91 Å². The van der Waals surface area contributed by atoms with Crippen LogP contribution in [0, 0.1) is 5.41 Å². The predicted octanol–water partition coefficient (Wildman–Crippen LogP) is 1.78. The van der Waals surface area contributed by atoms with Gasteiger partial charge in [-0.05, 0) is 30.5 Å². The fourth-order valence-corrected chi connectivity index (χ4v) is 4.11. The van der Waals surface area contributed by atoms with Gasteiger partial charge in [-0.3, -0.25) is 4.79 Å². The highest BCUT2D eigenvalue weighted by Crippen LogP contribution is 2.39. The number of halogens is 1. The zero-order valence-corrected chi connectivity index (χ0v) is 16.5. The smallest absolute Gasteiger partial charge is 0.232 e. The van der Waals surface area contributed by atoms with Crippen molar-refractivity contribution in [3.63, 3.8) is 0 Å². The van der Waals surface area contributed by atoms with E-state index in [4.69, 9.17) is 16.3 Å². The van der Waals surface area contributed by atoms with Gasteiger partial charge in [0.2, 0.25) is 11.9 Å². The van der Waals surface area contributed by atoms with E-state index in [9.17, 15) is 9.90 Å². The Labute approximate surface area is 168 Å². The molecule has 0 saturated carbocycles. The number of benzene rings is 1. The molecule has 1 atom stereocenters. The number of nitrogens with zero attached hydrogens (tertiary/aromatic N) is 4. The Bertz CT molecular complexity index is 838. The van der Waals surface area contributed by atoms with Gasteiger partial charge in [0.05, 0.1) is 31.0 Å². The lowest BCUT2D eigenvalue weighted by molar-refractivity contribution is -0.143. The number of carbonyl (C=O) groups is 1. The quantitative estimate of drug-likeness (QED) is 0.821. The summed E-state index contributed by atoms with van der Waals surface area (Å²) in [4.78, 5) is 25.8. The summed E-state index contributed by atoms with van der Waals surface area (Å²) < 4.78 is 5.11. The molecule has 0 spiro atoms. The van der Waals surface area contributed by atoms with Crippen LogP contribution >= 0.6 is 11.6 Å². The van der Waals surface area contributed by atoms with Crippen LogP contribution in [-0.2, 0) is 11.2 Å². The van der Waals surface area contributed by atoms with Crippen LogP contribution in [0.25, 0.3) is 0 Å². The molecule has 0 bridgehead atoms. The van der Waals surface area contributed by atoms with Crippen molar-refractivity contribution in [2.24, 2.45) is 5.41 Å². The number of carbonyl (C=O) groups excluding carboxylic acids is 1. The van der Waals surface area contributed by atoms with E-state index >= 15 is 0 Å². The summed E-state index contributed by atoms with van der Waals surface area (Å²) in [6.07, 6.45) is 4.06.